The number of imide groups is 1. The fraction of sp³-hybridized carbons (Fsp3) is 0.565. The Balaban J connectivity index is 1.63. The normalized spacial score (nSPS) is 24.6. The first kappa shape index (κ1) is 22.0. The Morgan fingerprint density at radius 1 is 1.10 bits per heavy atom. The number of esters is 1. The summed E-state index contributed by atoms with van der Waals surface area (Å²) >= 11 is 0. The molecule has 1 fully saturated rings. The third-order valence-corrected chi connectivity index (χ3v) is 6.38. The van der Waals surface area contributed by atoms with E-state index in [9.17, 15) is 19.2 Å². The first-order valence-electron chi connectivity index (χ1n) is 10.6. The van der Waals surface area contributed by atoms with Crippen molar-refractivity contribution < 1.29 is 23.9 Å². The Labute approximate surface area is 177 Å². The number of amides is 3. The van der Waals surface area contributed by atoms with Crippen molar-refractivity contribution in [3.63, 3.8) is 0 Å². The molecular formula is C23H30N2O5. The highest BCUT2D eigenvalue weighted by molar-refractivity contribution is 6.22. The standard InChI is InChI=1S/C23H30N2O5/c1-13(2)20(25-21(27)16-9-5-6-10-17(16)22(25)28)23(29)30-12-19(26)24-18-11-7-8-14(3)15(18)4/h5-6,9-10,13-15,18,20H,7-8,11-12H2,1-4H3,(H,24,26)/t14-,15-,18+,20-/m1/s1. The maximum absolute atomic E-state index is 12.8. The van der Waals surface area contributed by atoms with Crippen molar-refractivity contribution in [3.8, 4) is 0 Å². The molecule has 1 aliphatic heterocycles. The molecule has 0 unspecified atom stereocenters. The number of nitrogens with one attached hydrogen (secondary N) is 1. The molecule has 7 nitrogen and oxygen atoms in total. The van der Waals surface area contributed by atoms with Crippen molar-refractivity contribution in [2.45, 2.75) is 59.0 Å². The number of fused-ring (bicyclic) bond motifs is 1. The Morgan fingerprint density at radius 2 is 1.70 bits per heavy atom. The van der Waals surface area contributed by atoms with Crippen LogP contribution >= 0.6 is 0 Å². The highest BCUT2D eigenvalue weighted by Gasteiger charge is 2.44. The average molecular weight is 415 g/mol. The number of hydrogen-bond donors (Lipinski definition) is 1. The van der Waals surface area contributed by atoms with Crippen LogP contribution in [0.25, 0.3) is 0 Å². The van der Waals surface area contributed by atoms with Crippen molar-refractivity contribution in [1.29, 1.82) is 0 Å². The summed E-state index contributed by atoms with van der Waals surface area (Å²) in [4.78, 5) is 51.6. The number of benzene rings is 1. The molecule has 1 saturated carbocycles. The van der Waals surface area contributed by atoms with Crippen LogP contribution in [0.15, 0.2) is 24.3 Å². The van der Waals surface area contributed by atoms with Gasteiger partial charge in [-0.1, -0.05) is 52.7 Å². The van der Waals surface area contributed by atoms with Crippen molar-refractivity contribution in [2.75, 3.05) is 6.61 Å². The number of carbonyl (C=O) groups excluding carboxylic acids is 4. The molecule has 30 heavy (non-hydrogen) atoms. The van der Waals surface area contributed by atoms with Crippen LogP contribution in [-0.2, 0) is 14.3 Å². The lowest BCUT2D eigenvalue weighted by Gasteiger charge is -2.34. The maximum atomic E-state index is 12.8. The van der Waals surface area contributed by atoms with E-state index in [1.54, 1.807) is 38.1 Å². The van der Waals surface area contributed by atoms with E-state index in [1.807, 2.05) is 0 Å². The summed E-state index contributed by atoms with van der Waals surface area (Å²) in [6.45, 7) is 7.35. The van der Waals surface area contributed by atoms with Gasteiger partial charge in [0.05, 0.1) is 11.1 Å². The number of nitrogens with zero attached hydrogens (tertiary/aromatic N) is 1. The largest absolute Gasteiger partial charge is 0.454 e. The molecule has 3 amide bonds. The summed E-state index contributed by atoms with van der Waals surface area (Å²) in [5.74, 6) is -1.60. The minimum Gasteiger partial charge on any atom is -0.454 e. The van der Waals surface area contributed by atoms with Gasteiger partial charge >= 0.3 is 5.97 Å². The van der Waals surface area contributed by atoms with Crippen LogP contribution in [0, 0.1) is 17.8 Å². The number of carbonyl (C=O) groups is 4. The Bertz CT molecular complexity index is 815. The molecule has 0 aromatic heterocycles. The lowest BCUT2D eigenvalue weighted by Crippen LogP contribution is -2.50. The third-order valence-electron chi connectivity index (χ3n) is 6.38. The zero-order chi connectivity index (χ0) is 22.0. The summed E-state index contributed by atoms with van der Waals surface area (Å²) in [6, 6.07) is 5.47. The SMILES string of the molecule is CC(C)[C@H](C(=O)OCC(=O)N[C@H]1CCC[C@@H](C)[C@H]1C)N1C(=O)c2ccccc2C1=O. The van der Waals surface area contributed by atoms with E-state index in [0.717, 1.165) is 24.2 Å². The van der Waals surface area contributed by atoms with Gasteiger partial charge in [0.25, 0.3) is 17.7 Å². The topological polar surface area (TPSA) is 92.8 Å². The molecule has 1 aromatic rings. The van der Waals surface area contributed by atoms with Crippen LogP contribution in [0.5, 0.6) is 0 Å². The summed E-state index contributed by atoms with van der Waals surface area (Å²) in [5, 5.41) is 2.96. The van der Waals surface area contributed by atoms with E-state index in [4.69, 9.17) is 4.74 Å². The zero-order valence-corrected chi connectivity index (χ0v) is 18.0. The summed E-state index contributed by atoms with van der Waals surface area (Å²) in [7, 11) is 0. The first-order valence-corrected chi connectivity index (χ1v) is 10.6. The van der Waals surface area contributed by atoms with Gasteiger partial charge in [-0.15, -0.1) is 0 Å². The molecule has 1 heterocycles. The number of hydrogen-bond acceptors (Lipinski definition) is 5. The fourth-order valence-electron chi connectivity index (χ4n) is 4.39. The molecule has 0 spiro atoms. The highest BCUT2D eigenvalue weighted by atomic mass is 16.5. The Morgan fingerprint density at radius 3 is 2.27 bits per heavy atom. The molecule has 3 rings (SSSR count). The average Bonchev–Trinajstić information content (AvgIpc) is 2.95. The van der Waals surface area contributed by atoms with Gasteiger partial charge in [0.1, 0.15) is 6.04 Å². The fourth-order valence-corrected chi connectivity index (χ4v) is 4.39. The number of ether oxygens (including phenoxy) is 1. The second-order valence-electron chi connectivity index (χ2n) is 8.76. The van der Waals surface area contributed by atoms with Gasteiger partial charge in [0, 0.05) is 6.04 Å². The monoisotopic (exact) mass is 414 g/mol. The van der Waals surface area contributed by atoms with Crippen molar-refractivity contribution >= 4 is 23.7 Å². The Kier molecular flexibility index (Phi) is 6.58. The molecule has 7 heteroatoms. The molecule has 1 aromatic carbocycles. The number of rotatable bonds is 6. The second-order valence-corrected chi connectivity index (χ2v) is 8.76. The highest BCUT2D eigenvalue weighted by Crippen LogP contribution is 2.30. The van der Waals surface area contributed by atoms with Gasteiger partial charge in [-0.25, -0.2) is 4.79 Å². The van der Waals surface area contributed by atoms with Crippen LogP contribution in [-0.4, -0.2) is 47.3 Å². The van der Waals surface area contributed by atoms with Crippen molar-refractivity contribution in [1.82, 2.24) is 10.2 Å². The van der Waals surface area contributed by atoms with Crippen molar-refractivity contribution in [2.24, 2.45) is 17.8 Å². The summed E-state index contributed by atoms with van der Waals surface area (Å²) in [6.07, 6.45) is 3.12. The second kappa shape index (κ2) is 8.98. The van der Waals surface area contributed by atoms with Crippen LogP contribution in [0.4, 0.5) is 0 Å². The van der Waals surface area contributed by atoms with Crippen molar-refractivity contribution in [3.05, 3.63) is 35.4 Å². The predicted molar refractivity (Wildman–Crippen MR) is 111 cm³/mol. The zero-order valence-electron chi connectivity index (χ0n) is 18.0. The summed E-state index contributed by atoms with van der Waals surface area (Å²) in [5.41, 5.74) is 0.554. The third kappa shape index (κ3) is 4.25. The molecule has 2 aliphatic rings. The first-order chi connectivity index (χ1) is 14.2. The van der Waals surface area contributed by atoms with Gasteiger partial charge in [-0.05, 0) is 36.3 Å². The molecule has 4 atom stereocenters. The molecule has 0 saturated heterocycles. The summed E-state index contributed by atoms with van der Waals surface area (Å²) < 4.78 is 5.24. The Hall–Kier alpha value is -2.70. The maximum Gasteiger partial charge on any atom is 0.330 e. The predicted octanol–water partition coefficient (Wildman–Crippen LogP) is 2.79. The van der Waals surface area contributed by atoms with Gasteiger partial charge in [0.15, 0.2) is 6.61 Å². The smallest absolute Gasteiger partial charge is 0.330 e. The van der Waals surface area contributed by atoms with E-state index < -0.39 is 30.4 Å². The molecule has 0 bridgehead atoms. The molecule has 0 radical (unpaired) electrons. The van der Waals surface area contributed by atoms with Crippen LogP contribution in [0.3, 0.4) is 0 Å². The molecule has 1 aliphatic carbocycles. The minimum atomic E-state index is -1.08. The van der Waals surface area contributed by atoms with E-state index in [-0.39, 0.29) is 29.0 Å². The van der Waals surface area contributed by atoms with E-state index in [2.05, 4.69) is 19.2 Å². The van der Waals surface area contributed by atoms with Gasteiger partial charge < -0.3 is 10.1 Å². The van der Waals surface area contributed by atoms with Crippen LogP contribution in [0.1, 0.15) is 67.7 Å². The lowest BCUT2D eigenvalue weighted by molar-refractivity contribution is -0.154. The van der Waals surface area contributed by atoms with E-state index in [0.29, 0.717) is 11.8 Å². The molecule has 1 N–H and O–H groups in total. The van der Waals surface area contributed by atoms with E-state index in [1.165, 1.54) is 0 Å². The lowest BCUT2D eigenvalue weighted by atomic mass is 9.78. The minimum absolute atomic E-state index is 0.0667. The van der Waals surface area contributed by atoms with Gasteiger partial charge in [-0.2, -0.15) is 0 Å². The van der Waals surface area contributed by atoms with Crippen LogP contribution in [0.2, 0.25) is 0 Å². The van der Waals surface area contributed by atoms with Gasteiger partial charge in [0.2, 0.25) is 0 Å². The van der Waals surface area contributed by atoms with Crippen LogP contribution < -0.4 is 5.32 Å². The molecular weight excluding hydrogens is 384 g/mol. The molecule has 162 valence electrons. The van der Waals surface area contributed by atoms with E-state index >= 15 is 0 Å². The van der Waals surface area contributed by atoms with Gasteiger partial charge in [-0.3, -0.25) is 19.3 Å². The quantitative estimate of drug-likeness (QED) is 0.571.